The van der Waals surface area contributed by atoms with E-state index in [1.807, 2.05) is 0 Å². The molecule has 1 fully saturated rings. The number of hydrogen-bond acceptors (Lipinski definition) is 1. The summed E-state index contributed by atoms with van der Waals surface area (Å²) in [5, 5.41) is 0. The van der Waals surface area contributed by atoms with Crippen LogP contribution < -0.4 is 0 Å². The third kappa shape index (κ3) is 1.22. The Hall–Kier alpha value is -0.0400. The molecule has 1 radical (unpaired) electrons. The average Bonchev–Trinajstić information content (AvgIpc) is 2.48. The molecule has 0 aromatic rings. The van der Waals surface area contributed by atoms with Gasteiger partial charge in [-0.2, -0.15) is 0 Å². The maximum absolute atomic E-state index is 5.25. The van der Waals surface area contributed by atoms with Gasteiger partial charge in [-0.05, 0) is 12.8 Å². The van der Waals surface area contributed by atoms with Gasteiger partial charge in [-0.1, -0.05) is 20.3 Å². The van der Waals surface area contributed by atoms with Crippen molar-refractivity contribution in [2.45, 2.75) is 38.9 Å². The molecule has 1 nitrogen and oxygen atoms in total. The molecule has 0 aliphatic carbocycles. The molecule has 1 heteroatoms. The van der Waals surface area contributed by atoms with Crippen LogP contribution in [0.2, 0.25) is 0 Å². The van der Waals surface area contributed by atoms with Crippen LogP contribution in [-0.4, -0.2) is 12.2 Å². The first-order valence-electron chi connectivity index (χ1n) is 3.33. The van der Waals surface area contributed by atoms with Crippen molar-refractivity contribution >= 4 is 0 Å². The van der Waals surface area contributed by atoms with Gasteiger partial charge in [0, 0.05) is 0 Å². The zero-order chi connectivity index (χ0) is 5.98. The van der Waals surface area contributed by atoms with E-state index in [2.05, 4.69) is 20.3 Å². The molecule has 1 saturated heterocycles. The van der Waals surface area contributed by atoms with Gasteiger partial charge in [-0.25, -0.2) is 0 Å². The van der Waals surface area contributed by atoms with Gasteiger partial charge in [-0.3, -0.25) is 0 Å². The van der Waals surface area contributed by atoms with Crippen molar-refractivity contribution in [2.24, 2.45) is 0 Å². The zero-order valence-electron chi connectivity index (χ0n) is 5.55. The Morgan fingerprint density at radius 1 is 1.62 bits per heavy atom. The maximum atomic E-state index is 5.25. The molecule has 0 saturated carbocycles. The summed E-state index contributed by atoms with van der Waals surface area (Å²) in [5.41, 5.74) is 0. The summed E-state index contributed by atoms with van der Waals surface area (Å²) < 4.78 is 5.25. The lowest BCUT2D eigenvalue weighted by Crippen LogP contribution is -1.90. The highest BCUT2D eigenvalue weighted by Crippen LogP contribution is 2.27. The van der Waals surface area contributed by atoms with Gasteiger partial charge in [-0.15, -0.1) is 0 Å². The van der Waals surface area contributed by atoms with Crippen molar-refractivity contribution in [1.82, 2.24) is 0 Å². The summed E-state index contributed by atoms with van der Waals surface area (Å²) in [6, 6.07) is 0. The molecule has 1 aliphatic heterocycles. The molecule has 0 spiro atoms. The summed E-state index contributed by atoms with van der Waals surface area (Å²) in [7, 11) is 0. The van der Waals surface area contributed by atoms with E-state index in [0.29, 0.717) is 12.2 Å². The molecule has 0 unspecified atom stereocenters. The van der Waals surface area contributed by atoms with Gasteiger partial charge < -0.3 is 4.74 Å². The minimum atomic E-state index is 0.495. The summed E-state index contributed by atoms with van der Waals surface area (Å²) in [6.07, 6.45) is 5.67. The molecule has 0 amide bonds. The van der Waals surface area contributed by atoms with Gasteiger partial charge in [0.05, 0.1) is 12.2 Å². The monoisotopic (exact) mass is 113 g/mol. The summed E-state index contributed by atoms with van der Waals surface area (Å²) in [6.45, 7) is 4.24. The smallest absolute Gasteiger partial charge is 0.0870 e. The predicted octanol–water partition coefficient (Wildman–Crippen LogP) is 1.78. The van der Waals surface area contributed by atoms with Gasteiger partial charge in [0.1, 0.15) is 0 Å². The summed E-state index contributed by atoms with van der Waals surface area (Å²) >= 11 is 0. The van der Waals surface area contributed by atoms with Crippen LogP contribution in [0.1, 0.15) is 26.7 Å². The second kappa shape index (κ2) is 2.49. The van der Waals surface area contributed by atoms with Gasteiger partial charge in [0.15, 0.2) is 0 Å². The van der Waals surface area contributed by atoms with E-state index in [1.165, 1.54) is 12.8 Å². The highest BCUT2D eigenvalue weighted by Gasteiger charge is 2.35. The van der Waals surface area contributed by atoms with E-state index in [0.717, 1.165) is 0 Å². The topological polar surface area (TPSA) is 12.5 Å². The Balaban J connectivity index is 1.99. The van der Waals surface area contributed by atoms with Crippen LogP contribution in [-0.2, 0) is 4.74 Å². The normalized spacial score (nSPS) is 35.2. The van der Waals surface area contributed by atoms with E-state index < -0.39 is 0 Å². The highest BCUT2D eigenvalue weighted by molar-refractivity contribution is 4.92. The maximum Gasteiger partial charge on any atom is 0.0870 e. The van der Waals surface area contributed by atoms with Gasteiger partial charge in [0.2, 0.25) is 0 Å². The van der Waals surface area contributed by atoms with Crippen LogP contribution in [0, 0.1) is 6.42 Å². The third-order valence-electron chi connectivity index (χ3n) is 1.52. The van der Waals surface area contributed by atoms with Gasteiger partial charge >= 0.3 is 0 Å². The van der Waals surface area contributed by atoms with Crippen molar-refractivity contribution in [3.8, 4) is 0 Å². The SMILES string of the molecule is C[CH][C@@H]1O[C@H]1CCC. The Kier molecular flexibility index (Phi) is 1.90. The fraction of sp³-hybridized carbons (Fsp3) is 0.857. The molecule has 0 aromatic heterocycles. The first kappa shape index (κ1) is 6.09. The van der Waals surface area contributed by atoms with Crippen LogP contribution in [0.15, 0.2) is 0 Å². The fourth-order valence-electron chi connectivity index (χ4n) is 0.967. The molecular weight excluding hydrogens is 100 g/mol. The molecule has 1 aliphatic rings. The average molecular weight is 113 g/mol. The van der Waals surface area contributed by atoms with Gasteiger partial charge in [0.25, 0.3) is 0 Å². The molecule has 1 rings (SSSR count). The van der Waals surface area contributed by atoms with Crippen LogP contribution in [0.25, 0.3) is 0 Å². The lowest BCUT2D eigenvalue weighted by atomic mass is 10.2. The van der Waals surface area contributed by atoms with E-state index in [1.54, 1.807) is 0 Å². The molecule has 8 heavy (non-hydrogen) atoms. The number of ether oxygens (including phenoxy) is 1. The highest BCUT2D eigenvalue weighted by atomic mass is 16.6. The van der Waals surface area contributed by atoms with E-state index in [-0.39, 0.29) is 0 Å². The molecule has 47 valence electrons. The van der Waals surface area contributed by atoms with Crippen LogP contribution in [0.5, 0.6) is 0 Å². The van der Waals surface area contributed by atoms with E-state index >= 15 is 0 Å². The largest absolute Gasteiger partial charge is 0.369 e. The van der Waals surface area contributed by atoms with Crippen LogP contribution in [0.4, 0.5) is 0 Å². The number of hydrogen-bond donors (Lipinski definition) is 0. The molecular formula is C7H13O. The Bertz CT molecular complexity index is 70.8. The van der Waals surface area contributed by atoms with Crippen molar-refractivity contribution in [2.75, 3.05) is 0 Å². The second-order valence-corrected chi connectivity index (χ2v) is 2.26. The van der Waals surface area contributed by atoms with E-state index in [4.69, 9.17) is 4.74 Å². The summed E-state index contributed by atoms with van der Waals surface area (Å²) in [4.78, 5) is 0. The zero-order valence-corrected chi connectivity index (χ0v) is 5.55. The Morgan fingerprint density at radius 3 is 2.75 bits per heavy atom. The quantitative estimate of drug-likeness (QED) is 0.508. The third-order valence-corrected chi connectivity index (χ3v) is 1.52. The lowest BCUT2D eigenvalue weighted by Gasteiger charge is -1.83. The fourth-order valence-corrected chi connectivity index (χ4v) is 0.967. The standard InChI is InChI=1S/C7H13O/c1-3-5-7-6(4-2)8-7/h4,6-7H,3,5H2,1-2H3/t6-,7-/m0/s1. The minimum absolute atomic E-state index is 0.495. The molecule has 0 N–H and O–H groups in total. The molecule has 1 heterocycles. The summed E-state index contributed by atoms with van der Waals surface area (Å²) in [5.74, 6) is 0. The Labute approximate surface area is 51.0 Å². The van der Waals surface area contributed by atoms with Crippen LogP contribution in [0.3, 0.4) is 0 Å². The second-order valence-electron chi connectivity index (χ2n) is 2.26. The molecule has 0 bridgehead atoms. The predicted molar refractivity (Wildman–Crippen MR) is 33.5 cm³/mol. The minimum Gasteiger partial charge on any atom is -0.369 e. The van der Waals surface area contributed by atoms with Crippen molar-refractivity contribution in [3.05, 3.63) is 6.42 Å². The number of epoxide rings is 1. The van der Waals surface area contributed by atoms with Crippen molar-refractivity contribution in [3.63, 3.8) is 0 Å². The van der Waals surface area contributed by atoms with Crippen molar-refractivity contribution in [1.29, 1.82) is 0 Å². The first-order valence-corrected chi connectivity index (χ1v) is 3.33. The van der Waals surface area contributed by atoms with Crippen LogP contribution >= 0.6 is 0 Å². The van der Waals surface area contributed by atoms with Crippen molar-refractivity contribution < 1.29 is 4.74 Å². The van der Waals surface area contributed by atoms with E-state index in [9.17, 15) is 0 Å². The number of rotatable bonds is 3. The Morgan fingerprint density at radius 2 is 2.38 bits per heavy atom. The lowest BCUT2D eigenvalue weighted by molar-refractivity contribution is 0.373. The molecule has 2 atom stereocenters. The first-order chi connectivity index (χ1) is 3.88. The molecule has 0 aromatic carbocycles.